The standard InChI is InChI=1S/C31H33N2O3/c1-23-12-14-27(15-13-23)35-29-22-33(18-16-24(29)17-19-33)21-28-20-32-30(36-28)31(34,25-8-4-2-5-9-25)26-10-6-3-7-11-26/h2-15,20,24,29,34H,16-19,21-22H2,1H3/q+1/t24?,29-,33?/m0/s1. The van der Waals surface area contributed by atoms with Crippen molar-refractivity contribution < 1.29 is 18.7 Å². The number of hydrogen-bond donors (Lipinski definition) is 1. The largest absolute Gasteiger partial charge is 0.484 e. The number of ether oxygens (including phenoxy) is 1. The van der Waals surface area contributed by atoms with Crippen LogP contribution in [0.25, 0.3) is 0 Å². The molecule has 0 amide bonds. The molecule has 3 fully saturated rings. The van der Waals surface area contributed by atoms with E-state index in [2.05, 4.69) is 36.2 Å². The van der Waals surface area contributed by atoms with E-state index in [0.29, 0.717) is 11.8 Å². The molecule has 5 heteroatoms. The van der Waals surface area contributed by atoms with Gasteiger partial charge in [0.15, 0.2) is 17.5 Å². The number of rotatable bonds is 7. The molecule has 3 aliphatic heterocycles. The average Bonchev–Trinajstić information content (AvgIpc) is 3.39. The Labute approximate surface area is 212 Å². The summed E-state index contributed by atoms with van der Waals surface area (Å²) in [5.41, 5.74) is 1.27. The highest BCUT2D eigenvalue weighted by atomic mass is 16.5. The maximum absolute atomic E-state index is 12.0. The molecule has 2 bridgehead atoms. The SMILES string of the molecule is Cc1ccc(O[C@H]2C[N+]3(Cc4cnc(C(O)(c5ccccc5)c5ccccc5)o4)CCC2CC3)cc1. The van der Waals surface area contributed by atoms with Crippen molar-refractivity contribution >= 4 is 0 Å². The van der Waals surface area contributed by atoms with E-state index in [-0.39, 0.29) is 6.10 Å². The fraction of sp³-hybridized carbons (Fsp3) is 0.323. The van der Waals surface area contributed by atoms with Gasteiger partial charge < -0.3 is 18.7 Å². The highest BCUT2D eigenvalue weighted by Crippen LogP contribution is 2.39. The third-order valence-electron chi connectivity index (χ3n) is 8.09. The summed E-state index contributed by atoms with van der Waals surface area (Å²) in [6.07, 6.45) is 4.34. The summed E-state index contributed by atoms with van der Waals surface area (Å²) in [5.74, 6) is 2.69. The molecule has 5 nitrogen and oxygen atoms in total. The number of aromatic nitrogens is 1. The van der Waals surface area contributed by atoms with Crippen molar-refractivity contribution in [3.05, 3.63) is 119 Å². The molecule has 7 rings (SSSR count). The molecule has 1 N–H and O–H groups in total. The number of piperidine rings is 3. The van der Waals surface area contributed by atoms with Gasteiger partial charge in [0.1, 0.15) is 18.8 Å². The van der Waals surface area contributed by atoms with Crippen molar-refractivity contribution in [3.63, 3.8) is 0 Å². The molecule has 1 atom stereocenters. The number of aliphatic hydroxyl groups is 1. The molecule has 0 unspecified atom stereocenters. The van der Waals surface area contributed by atoms with Crippen LogP contribution < -0.4 is 4.74 Å². The van der Waals surface area contributed by atoms with Crippen molar-refractivity contribution in [3.8, 4) is 5.75 Å². The second-order valence-corrected chi connectivity index (χ2v) is 10.5. The monoisotopic (exact) mass is 481 g/mol. The number of oxazole rings is 1. The summed E-state index contributed by atoms with van der Waals surface area (Å²) in [6.45, 7) is 6.07. The van der Waals surface area contributed by atoms with Crippen LogP contribution in [0.2, 0.25) is 0 Å². The third kappa shape index (κ3) is 4.23. The van der Waals surface area contributed by atoms with Gasteiger partial charge >= 0.3 is 0 Å². The average molecular weight is 482 g/mol. The van der Waals surface area contributed by atoms with E-state index in [0.717, 1.165) is 66.1 Å². The van der Waals surface area contributed by atoms with Crippen molar-refractivity contribution in [2.45, 2.75) is 38.0 Å². The van der Waals surface area contributed by atoms with Crippen LogP contribution in [0.3, 0.4) is 0 Å². The molecule has 4 heterocycles. The number of benzene rings is 3. The van der Waals surface area contributed by atoms with Crippen molar-refractivity contribution in [2.75, 3.05) is 19.6 Å². The summed E-state index contributed by atoms with van der Waals surface area (Å²) < 4.78 is 13.8. The van der Waals surface area contributed by atoms with E-state index in [1.165, 1.54) is 5.56 Å². The lowest BCUT2D eigenvalue weighted by molar-refractivity contribution is -0.958. The van der Waals surface area contributed by atoms with E-state index in [4.69, 9.17) is 9.15 Å². The summed E-state index contributed by atoms with van der Waals surface area (Å²) in [4.78, 5) is 4.62. The van der Waals surface area contributed by atoms with Crippen molar-refractivity contribution in [1.29, 1.82) is 0 Å². The first-order valence-corrected chi connectivity index (χ1v) is 12.9. The van der Waals surface area contributed by atoms with Crippen LogP contribution in [0, 0.1) is 12.8 Å². The molecule has 0 saturated carbocycles. The predicted octanol–water partition coefficient (Wildman–Crippen LogP) is 5.46. The van der Waals surface area contributed by atoms with E-state index in [1.807, 2.05) is 60.7 Å². The molecule has 3 aliphatic rings. The lowest BCUT2D eigenvalue weighted by Gasteiger charge is -2.51. The smallest absolute Gasteiger partial charge is 0.236 e. The first kappa shape index (κ1) is 23.0. The van der Waals surface area contributed by atoms with Crippen LogP contribution in [0.1, 0.15) is 41.2 Å². The summed E-state index contributed by atoms with van der Waals surface area (Å²) in [6, 6.07) is 27.6. The molecule has 184 valence electrons. The molecule has 4 aromatic rings. The number of aryl methyl sites for hydroxylation is 1. The number of nitrogens with zero attached hydrogens (tertiary/aromatic N) is 2. The van der Waals surface area contributed by atoms with Gasteiger partial charge in [0.2, 0.25) is 5.89 Å². The topological polar surface area (TPSA) is 55.5 Å². The second-order valence-electron chi connectivity index (χ2n) is 10.5. The van der Waals surface area contributed by atoms with Crippen molar-refractivity contribution in [2.24, 2.45) is 5.92 Å². The quantitative estimate of drug-likeness (QED) is 0.357. The van der Waals surface area contributed by atoms with E-state index in [1.54, 1.807) is 6.20 Å². The second kappa shape index (κ2) is 9.23. The highest BCUT2D eigenvalue weighted by molar-refractivity contribution is 5.41. The normalized spacial score (nSPS) is 23.5. The molecule has 0 radical (unpaired) electrons. The highest BCUT2D eigenvalue weighted by Gasteiger charge is 2.48. The summed E-state index contributed by atoms with van der Waals surface area (Å²) >= 11 is 0. The Morgan fingerprint density at radius 1 is 0.917 bits per heavy atom. The van der Waals surface area contributed by atoms with Gasteiger partial charge in [-0.25, -0.2) is 4.98 Å². The van der Waals surface area contributed by atoms with E-state index >= 15 is 0 Å². The van der Waals surface area contributed by atoms with Gasteiger partial charge in [-0.3, -0.25) is 0 Å². The van der Waals surface area contributed by atoms with Crippen LogP contribution in [-0.2, 0) is 12.1 Å². The first-order chi connectivity index (χ1) is 17.5. The van der Waals surface area contributed by atoms with Gasteiger partial charge in [-0.05, 0) is 30.2 Å². The minimum Gasteiger partial charge on any atom is -0.484 e. The Morgan fingerprint density at radius 3 is 2.14 bits per heavy atom. The van der Waals surface area contributed by atoms with Crippen LogP contribution in [0.4, 0.5) is 0 Å². The Balaban J connectivity index is 1.26. The van der Waals surface area contributed by atoms with Gasteiger partial charge in [0, 0.05) is 18.8 Å². The van der Waals surface area contributed by atoms with Gasteiger partial charge in [-0.1, -0.05) is 78.4 Å². The fourth-order valence-electron chi connectivity index (χ4n) is 6.02. The maximum Gasteiger partial charge on any atom is 0.236 e. The van der Waals surface area contributed by atoms with Crippen molar-refractivity contribution in [1.82, 2.24) is 4.98 Å². The molecular formula is C31H33N2O3+. The zero-order chi connectivity index (χ0) is 24.6. The predicted molar refractivity (Wildman–Crippen MR) is 138 cm³/mol. The number of fused-ring (bicyclic) bond motifs is 3. The fourth-order valence-corrected chi connectivity index (χ4v) is 6.02. The van der Waals surface area contributed by atoms with Crippen LogP contribution >= 0.6 is 0 Å². The van der Waals surface area contributed by atoms with E-state index in [9.17, 15) is 5.11 Å². The number of hydrogen-bond acceptors (Lipinski definition) is 4. The van der Waals surface area contributed by atoms with Crippen LogP contribution in [0.15, 0.2) is 95.5 Å². The van der Waals surface area contributed by atoms with Gasteiger partial charge in [0.05, 0.1) is 19.3 Å². The maximum atomic E-state index is 12.0. The zero-order valence-corrected chi connectivity index (χ0v) is 20.7. The molecule has 3 aromatic carbocycles. The molecule has 1 aromatic heterocycles. The van der Waals surface area contributed by atoms with Gasteiger partial charge in [-0.15, -0.1) is 0 Å². The van der Waals surface area contributed by atoms with Crippen LogP contribution in [-0.4, -0.2) is 40.3 Å². The van der Waals surface area contributed by atoms with E-state index < -0.39 is 5.60 Å². The summed E-state index contributed by atoms with van der Waals surface area (Å²) in [5, 5.41) is 12.0. The molecule has 36 heavy (non-hydrogen) atoms. The lowest BCUT2D eigenvalue weighted by Crippen LogP contribution is -2.64. The molecule has 0 aliphatic carbocycles. The zero-order valence-electron chi connectivity index (χ0n) is 20.7. The van der Waals surface area contributed by atoms with Gasteiger partial charge in [-0.2, -0.15) is 0 Å². The summed E-state index contributed by atoms with van der Waals surface area (Å²) in [7, 11) is 0. The molecule has 0 spiro atoms. The minimum absolute atomic E-state index is 0.211. The lowest BCUT2D eigenvalue weighted by atomic mass is 9.83. The van der Waals surface area contributed by atoms with Gasteiger partial charge in [0.25, 0.3) is 0 Å². The first-order valence-electron chi connectivity index (χ1n) is 12.9. The molecule has 3 saturated heterocycles. The Bertz CT molecular complexity index is 1250. The Morgan fingerprint density at radius 2 is 1.53 bits per heavy atom. The molecular weight excluding hydrogens is 448 g/mol. The Kier molecular flexibility index (Phi) is 5.90. The minimum atomic E-state index is -1.45. The Hall–Kier alpha value is -3.41. The third-order valence-corrected chi connectivity index (χ3v) is 8.09. The number of quaternary nitrogens is 1. The van der Waals surface area contributed by atoms with Crippen LogP contribution in [0.5, 0.6) is 5.75 Å².